The molecule has 0 aliphatic rings. The Bertz CT molecular complexity index is 1250. The number of fused-ring (bicyclic) bond motifs is 1. The Morgan fingerprint density at radius 3 is 2.61 bits per heavy atom. The van der Waals surface area contributed by atoms with E-state index in [4.69, 9.17) is 16.3 Å². The minimum atomic E-state index is -0.630. The molecule has 0 bridgehead atoms. The van der Waals surface area contributed by atoms with Crippen LogP contribution in [0, 0.1) is 5.82 Å². The van der Waals surface area contributed by atoms with Gasteiger partial charge >= 0.3 is 0 Å². The SMILES string of the molecule is CN(C)C=O.O=C(COc1ncnc2c1cnn2-c1ccccc1)Nc1ccc(Cl)cc1F. The maximum atomic E-state index is 13.8. The smallest absolute Gasteiger partial charge is 0.262 e. The summed E-state index contributed by atoms with van der Waals surface area (Å²) >= 11 is 5.70. The predicted octanol–water partition coefficient (Wildman–Crippen LogP) is 3.33. The van der Waals surface area contributed by atoms with Gasteiger partial charge in [0, 0.05) is 19.1 Å². The van der Waals surface area contributed by atoms with Crippen LogP contribution in [0.15, 0.2) is 61.1 Å². The zero-order chi connectivity index (χ0) is 23.8. The summed E-state index contributed by atoms with van der Waals surface area (Å²) in [5, 5.41) is 7.53. The number of amides is 2. The first kappa shape index (κ1) is 23.6. The Morgan fingerprint density at radius 2 is 1.94 bits per heavy atom. The third-order valence-corrected chi connectivity index (χ3v) is 4.32. The zero-order valence-corrected chi connectivity index (χ0v) is 18.5. The van der Waals surface area contributed by atoms with Crippen LogP contribution < -0.4 is 10.1 Å². The first-order chi connectivity index (χ1) is 15.9. The molecule has 0 spiro atoms. The molecule has 2 heterocycles. The number of aromatic nitrogens is 4. The van der Waals surface area contributed by atoms with Crippen molar-refractivity contribution in [2.24, 2.45) is 0 Å². The van der Waals surface area contributed by atoms with E-state index >= 15 is 0 Å². The van der Waals surface area contributed by atoms with Crippen LogP contribution in [0.2, 0.25) is 5.02 Å². The fourth-order valence-corrected chi connectivity index (χ4v) is 2.77. The van der Waals surface area contributed by atoms with Gasteiger partial charge in [-0.2, -0.15) is 5.10 Å². The highest BCUT2D eigenvalue weighted by Gasteiger charge is 2.14. The topological polar surface area (TPSA) is 102 Å². The summed E-state index contributed by atoms with van der Waals surface area (Å²) in [6.45, 7) is -0.356. The van der Waals surface area contributed by atoms with E-state index in [1.807, 2.05) is 30.3 Å². The maximum absolute atomic E-state index is 13.8. The standard InChI is InChI=1S/C19H13ClFN5O2.C3H7NO/c20-12-6-7-16(15(21)8-12)25-17(27)10-28-19-14-9-24-26(18(14)22-11-23-19)13-4-2-1-3-5-13;1-4(2)3-5/h1-9,11H,10H2,(H,25,27);3H,1-2H3. The zero-order valence-electron chi connectivity index (χ0n) is 17.8. The second-order valence-electron chi connectivity index (χ2n) is 6.84. The Hall–Kier alpha value is -4.05. The van der Waals surface area contributed by atoms with Gasteiger partial charge in [0.2, 0.25) is 12.3 Å². The number of carbonyl (C=O) groups excluding carboxylic acids is 2. The van der Waals surface area contributed by atoms with Crippen molar-refractivity contribution in [1.82, 2.24) is 24.6 Å². The molecule has 0 aliphatic carbocycles. The summed E-state index contributed by atoms with van der Waals surface area (Å²) in [5.41, 5.74) is 1.39. The fourth-order valence-electron chi connectivity index (χ4n) is 2.61. The normalized spacial score (nSPS) is 10.2. The van der Waals surface area contributed by atoms with Crippen molar-refractivity contribution in [3.63, 3.8) is 0 Å². The lowest BCUT2D eigenvalue weighted by atomic mass is 10.3. The molecule has 2 aromatic carbocycles. The molecule has 0 saturated heterocycles. The number of hydrogen-bond acceptors (Lipinski definition) is 6. The largest absolute Gasteiger partial charge is 0.467 e. The molecule has 11 heteroatoms. The van der Waals surface area contributed by atoms with E-state index in [0.717, 1.165) is 18.2 Å². The average Bonchev–Trinajstić information content (AvgIpc) is 3.25. The number of anilines is 1. The van der Waals surface area contributed by atoms with Gasteiger partial charge in [-0.25, -0.2) is 19.0 Å². The van der Waals surface area contributed by atoms with Crippen LogP contribution in [0.5, 0.6) is 5.88 Å². The number of benzene rings is 2. The van der Waals surface area contributed by atoms with Crippen molar-refractivity contribution in [3.05, 3.63) is 71.9 Å². The van der Waals surface area contributed by atoms with Gasteiger partial charge < -0.3 is 15.0 Å². The molecule has 9 nitrogen and oxygen atoms in total. The molecule has 0 unspecified atom stereocenters. The van der Waals surface area contributed by atoms with Crippen LogP contribution in [0.4, 0.5) is 10.1 Å². The van der Waals surface area contributed by atoms with E-state index in [0.29, 0.717) is 11.0 Å². The highest BCUT2D eigenvalue weighted by Crippen LogP contribution is 2.23. The highest BCUT2D eigenvalue weighted by molar-refractivity contribution is 6.30. The lowest BCUT2D eigenvalue weighted by Crippen LogP contribution is -2.21. The van der Waals surface area contributed by atoms with Crippen molar-refractivity contribution in [1.29, 1.82) is 0 Å². The van der Waals surface area contributed by atoms with Crippen LogP contribution in [0.3, 0.4) is 0 Å². The molecule has 0 saturated carbocycles. The number of para-hydroxylation sites is 1. The summed E-state index contributed by atoms with van der Waals surface area (Å²) in [6, 6.07) is 13.4. The van der Waals surface area contributed by atoms with E-state index in [1.54, 1.807) is 25.0 Å². The molecule has 2 aromatic heterocycles. The van der Waals surface area contributed by atoms with Gasteiger partial charge in [-0.1, -0.05) is 29.8 Å². The van der Waals surface area contributed by atoms with Crippen LogP contribution in [-0.2, 0) is 9.59 Å². The van der Waals surface area contributed by atoms with Gasteiger partial charge in [-0.3, -0.25) is 9.59 Å². The third kappa shape index (κ3) is 6.23. The molecule has 1 N–H and O–H groups in total. The van der Waals surface area contributed by atoms with Crippen LogP contribution in [0.1, 0.15) is 0 Å². The van der Waals surface area contributed by atoms with Crippen molar-refractivity contribution in [2.75, 3.05) is 26.0 Å². The summed E-state index contributed by atoms with van der Waals surface area (Å²) in [5.74, 6) is -0.961. The molecule has 0 radical (unpaired) electrons. The highest BCUT2D eigenvalue weighted by atomic mass is 35.5. The second kappa shape index (κ2) is 11.0. The van der Waals surface area contributed by atoms with Crippen LogP contribution in [-0.4, -0.2) is 57.7 Å². The Kier molecular flexibility index (Phi) is 7.87. The van der Waals surface area contributed by atoms with Gasteiger partial charge in [0.25, 0.3) is 5.91 Å². The number of nitrogens with one attached hydrogen (secondary N) is 1. The Labute approximate surface area is 193 Å². The van der Waals surface area contributed by atoms with E-state index < -0.39 is 11.7 Å². The Balaban J connectivity index is 0.000000555. The quantitative estimate of drug-likeness (QED) is 0.434. The number of rotatable bonds is 6. The molecular weight excluding hydrogens is 451 g/mol. The number of nitrogens with zero attached hydrogens (tertiary/aromatic N) is 5. The molecule has 2 amide bonds. The number of hydrogen-bond donors (Lipinski definition) is 1. The number of ether oxygens (including phenoxy) is 1. The minimum Gasteiger partial charge on any atom is -0.467 e. The van der Waals surface area contributed by atoms with Crippen molar-refractivity contribution < 1.29 is 18.7 Å². The second-order valence-corrected chi connectivity index (χ2v) is 7.27. The lowest BCUT2D eigenvalue weighted by molar-refractivity contribution is -0.118. The molecule has 4 aromatic rings. The van der Waals surface area contributed by atoms with Crippen molar-refractivity contribution >= 4 is 40.6 Å². The first-order valence-corrected chi connectivity index (χ1v) is 10.0. The molecule has 33 heavy (non-hydrogen) atoms. The van der Waals surface area contributed by atoms with E-state index in [-0.39, 0.29) is 23.2 Å². The monoisotopic (exact) mass is 470 g/mol. The molecular formula is C22H20ClFN6O3. The fraction of sp³-hybridized carbons (Fsp3) is 0.136. The molecule has 4 rings (SSSR count). The summed E-state index contributed by atoms with van der Waals surface area (Å²) in [6.07, 6.45) is 3.64. The summed E-state index contributed by atoms with van der Waals surface area (Å²) in [7, 11) is 3.38. The molecule has 170 valence electrons. The van der Waals surface area contributed by atoms with Crippen molar-refractivity contribution in [2.45, 2.75) is 0 Å². The van der Waals surface area contributed by atoms with Gasteiger partial charge in [0.05, 0.1) is 17.6 Å². The summed E-state index contributed by atoms with van der Waals surface area (Å²) in [4.78, 5) is 31.3. The van der Waals surface area contributed by atoms with Gasteiger partial charge in [0.15, 0.2) is 12.3 Å². The van der Waals surface area contributed by atoms with Crippen LogP contribution >= 0.6 is 11.6 Å². The average molecular weight is 471 g/mol. The van der Waals surface area contributed by atoms with Crippen molar-refractivity contribution in [3.8, 4) is 11.6 Å². The number of carbonyl (C=O) groups is 2. The van der Waals surface area contributed by atoms with E-state index in [2.05, 4.69) is 20.4 Å². The van der Waals surface area contributed by atoms with E-state index in [9.17, 15) is 14.0 Å². The number of halogens is 2. The van der Waals surface area contributed by atoms with E-state index in [1.165, 1.54) is 23.4 Å². The predicted molar refractivity (Wildman–Crippen MR) is 122 cm³/mol. The van der Waals surface area contributed by atoms with Gasteiger partial charge in [0.1, 0.15) is 17.5 Å². The van der Waals surface area contributed by atoms with Gasteiger partial charge in [-0.05, 0) is 30.3 Å². The van der Waals surface area contributed by atoms with Crippen LogP contribution in [0.25, 0.3) is 16.7 Å². The Morgan fingerprint density at radius 1 is 1.21 bits per heavy atom. The maximum Gasteiger partial charge on any atom is 0.262 e. The third-order valence-electron chi connectivity index (χ3n) is 4.09. The summed E-state index contributed by atoms with van der Waals surface area (Å²) < 4.78 is 20.9. The van der Waals surface area contributed by atoms with Gasteiger partial charge in [-0.15, -0.1) is 0 Å². The molecule has 0 aliphatic heterocycles. The molecule has 0 atom stereocenters. The molecule has 0 fully saturated rings. The first-order valence-electron chi connectivity index (χ1n) is 9.62. The minimum absolute atomic E-state index is 0.0164. The lowest BCUT2D eigenvalue weighted by Gasteiger charge is -2.08.